The van der Waals surface area contributed by atoms with E-state index in [1.807, 2.05) is 43.0 Å². The molecule has 0 radical (unpaired) electrons. The number of hydrogen-bond donors (Lipinski definition) is 1. The first-order chi connectivity index (χ1) is 13.5. The van der Waals surface area contributed by atoms with Crippen LogP contribution in [0, 0.1) is 19.3 Å². The van der Waals surface area contributed by atoms with Crippen molar-refractivity contribution < 1.29 is 9.59 Å². The summed E-state index contributed by atoms with van der Waals surface area (Å²) in [5.74, 6) is 0.726. The molecular formula is C22H26N4O2. The summed E-state index contributed by atoms with van der Waals surface area (Å²) in [6, 6.07) is 9.34. The SMILES string of the molecule is Cc1ccnc(N2CC[C@]3(CCC[C@@H](NC(=O)c4cccc(C)n4)C3)C2=O)c1. The molecule has 6 nitrogen and oxygen atoms in total. The van der Waals surface area contributed by atoms with Gasteiger partial charge in [-0.1, -0.05) is 12.5 Å². The van der Waals surface area contributed by atoms with Crippen molar-refractivity contribution in [2.75, 3.05) is 11.4 Å². The number of aromatic nitrogens is 2. The van der Waals surface area contributed by atoms with Gasteiger partial charge in [0.05, 0.1) is 5.41 Å². The summed E-state index contributed by atoms with van der Waals surface area (Å²) in [5.41, 5.74) is 1.96. The smallest absolute Gasteiger partial charge is 0.270 e. The van der Waals surface area contributed by atoms with E-state index in [2.05, 4.69) is 15.3 Å². The number of hydrogen-bond acceptors (Lipinski definition) is 4. The number of nitrogens with one attached hydrogen (secondary N) is 1. The van der Waals surface area contributed by atoms with E-state index in [9.17, 15) is 9.59 Å². The van der Waals surface area contributed by atoms with E-state index in [1.165, 1.54) is 0 Å². The predicted molar refractivity (Wildman–Crippen MR) is 107 cm³/mol. The van der Waals surface area contributed by atoms with Crippen LogP contribution in [-0.4, -0.2) is 34.4 Å². The highest BCUT2D eigenvalue weighted by Crippen LogP contribution is 2.45. The van der Waals surface area contributed by atoms with Crippen molar-refractivity contribution >= 4 is 17.6 Å². The zero-order chi connectivity index (χ0) is 19.7. The number of anilines is 1. The highest BCUT2D eigenvalue weighted by atomic mass is 16.2. The molecule has 6 heteroatoms. The quantitative estimate of drug-likeness (QED) is 0.890. The molecule has 1 N–H and O–H groups in total. The maximum absolute atomic E-state index is 13.3. The summed E-state index contributed by atoms with van der Waals surface area (Å²) in [6.07, 6.45) is 5.97. The molecule has 1 saturated heterocycles. The largest absolute Gasteiger partial charge is 0.348 e. The minimum Gasteiger partial charge on any atom is -0.348 e. The standard InChI is InChI=1S/C22H26N4O2/c1-15-8-11-23-19(13-15)26-12-10-22(21(26)28)9-4-6-17(14-22)25-20(27)18-7-3-5-16(2)24-18/h3,5,7-8,11,13,17H,4,6,9-10,12,14H2,1-2H3,(H,25,27)/t17-,22+/m1/s1. The van der Waals surface area contributed by atoms with Gasteiger partial charge in [-0.15, -0.1) is 0 Å². The molecule has 2 aromatic rings. The molecule has 1 spiro atoms. The van der Waals surface area contributed by atoms with Crippen molar-refractivity contribution in [2.24, 2.45) is 5.41 Å². The summed E-state index contributed by atoms with van der Waals surface area (Å²) >= 11 is 0. The van der Waals surface area contributed by atoms with Crippen LogP contribution in [0.15, 0.2) is 36.5 Å². The molecule has 1 aliphatic heterocycles. The molecule has 2 fully saturated rings. The number of carbonyl (C=O) groups is 2. The van der Waals surface area contributed by atoms with Crippen molar-refractivity contribution in [3.8, 4) is 0 Å². The maximum atomic E-state index is 13.3. The summed E-state index contributed by atoms with van der Waals surface area (Å²) in [7, 11) is 0. The Labute approximate surface area is 165 Å². The van der Waals surface area contributed by atoms with Gasteiger partial charge in [-0.2, -0.15) is 0 Å². The number of aryl methyl sites for hydroxylation is 2. The number of pyridine rings is 2. The van der Waals surface area contributed by atoms with E-state index in [1.54, 1.807) is 12.3 Å². The lowest BCUT2D eigenvalue weighted by Crippen LogP contribution is -2.46. The summed E-state index contributed by atoms with van der Waals surface area (Å²) in [6.45, 7) is 4.57. The Morgan fingerprint density at radius 3 is 2.89 bits per heavy atom. The van der Waals surface area contributed by atoms with Crippen LogP contribution in [-0.2, 0) is 4.79 Å². The van der Waals surface area contributed by atoms with Crippen LogP contribution in [0.25, 0.3) is 0 Å². The van der Waals surface area contributed by atoms with Crippen LogP contribution in [0.2, 0.25) is 0 Å². The van der Waals surface area contributed by atoms with Crippen molar-refractivity contribution in [2.45, 2.75) is 52.0 Å². The predicted octanol–water partition coefficient (Wildman–Crippen LogP) is 3.19. The van der Waals surface area contributed by atoms with Crippen LogP contribution >= 0.6 is 0 Å². The van der Waals surface area contributed by atoms with E-state index in [0.29, 0.717) is 18.7 Å². The van der Waals surface area contributed by atoms with Crippen molar-refractivity contribution in [1.29, 1.82) is 0 Å². The fraction of sp³-hybridized carbons (Fsp3) is 0.455. The van der Waals surface area contributed by atoms with Crippen molar-refractivity contribution in [1.82, 2.24) is 15.3 Å². The molecule has 0 unspecified atom stereocenters. The number of rotatable bonds is 3. The van der Waals surface area contributed by atoms with Gasteiger partial charge in [0.15, 0.2) is 0 Å². The Bertz CT molecular complexity index is 913. The average Bonchev–Trinajstić information content (AvgIpc) is 2.97. The van der Waals surface area contributed by atoms with Gasteiger partial charge in [-0.3, -0.25) is 14.5 Å². The molecule has 2 aliphatic rings. The second-order valence-corrected chi connectivity index (χ2v) is 8.11. The second-order valence-electron chi connectivity index (χ2n) is 8.11. The molecule has 2 aromatic heterocycles. The van der Waals surface area contributed by atoms with Gasteiger partial charge in [0, 0.05) is 24.5 Å². The van der Waals surface area contributed by atoms with Crippen LogP contribution in [0.3, 0.4) is 0 Å². The normalized spacial score (nSPS) is 24.6. The van der Waals surface area contributed by atoms with Crippen LogP contribution < -0.4 is 10.2 Å². The Morgan fingerprint density at radius 1 is 1.25 bits per heavy atom. The fourth-order valence-electron chi connectivity index (χ4n) is 4.54. The highest BCUT2D eigenvalue weighted by molar-refractivity contribution is 5.99. The highest BCUT2D eigenvalue weighted by Gasteiger charge is 2.50. The van der Waals surface area contributed by atoms with Crippen LogP contribution in [0.4, 0.5) is 5.82 Å². The third-order valence-corrected chi connectivity index (χ3v) is 5.99. The van der Waals surface area contributed by atoms with Crippen molar-refractivity contribution in [3.63, 3.8) is 0 Å². The lowest BCUT2D eigenvalue weighted by molar-refractivity contribution is -0.127. The van der Waals surface area contributed by atoms with Gasteiger partial charge in [0.1, 0.15) is 11.5 Å². The van der Waals surface area contributed by atoms with E-state index >= 15 is 0 Å². The van der Waals surface area contributed by atoms with Gasteiger partial charge >= 0.3 is 0 Å². The zero-order valence-electron chi connectivity index (χ0n) is 16.4. The summed E-state index contributed by atoms with van der Waals surface area (Å²) in [5, 5.41) is 3.11. The zero-order valence-corrected chi connectivity index (χ0v) is 16.4. The Morgan fingerprint density at radius 2 is 2.11 bits per heavy atom. The monoisotopic (exact) mass is 378 g/mol. The summed E-state index contributed by atoms with van der Waals surface area (Å²) in [4.78, 5) is 36.4. The lowest BCUT2D eigenvalue weighted by Gasteiger charge is -2.36. The molecule has 2 atom stereocenters. The Kier molecular flexibility index (Phi) is 4.87. The summed E-state index contributed by atoms with van der Waals surface area (Å²) < 4.78 is 0. The van der Waals surface area contributed by atoms with Gasteiger partial charge < -0.3 is 5.32 Å². The molecule has 0 aromatic carbocycles. The third-order valence-electron chi connectivity index (χ3n) is 5.99. The Balaban J connectivity index is 1.47. The molecule has 0 bridgehead atoms. The molecule has 28 heavy (non-hydrogen) atoms. The third kappa shape index (κ3) is 3.51. The first-order valence-electron chi connectivity index (χ1n) is 9.96. The molecule has 4 rings (SSSR count). The molecule has 146 valence electrons. The lowest BCUT2D eigenvalue weighted by atomic mass is 9.71. The van der Waals surface area contributed by atoms with E-state index in [4.69, 9.17) is 0 Å². The maximum Gasteiger partial charge on any atom is 0.270 e. The van der Waals surface area contributed by atoms with E-state index < -0.39 is 0 Å². The number of nitrogens with zero attached hydrogens (tertiary/aromatic N) is 3. The topological polar surface area (TPSA) is 75.2 Å². The van der Waals surface area contributed by atoms with E-state index in [-0.39, 0.29) is 23.3 Å². The van der Waals surface area contributed by atoms with E-state index in [0.717, 1.165) is 42.8 Å². The van der Waals surface area contributed by atoms with Gasteiger partial charge in [0.25, 0.3) is 5.91 Å². The van der Waals surface area contributed by atoms with Gasteiger partial charge in [-0.05, 0) is 69.4 Å². The minimum atomic E-state index is -0.387. The number of amides is 2. The fourth-order valence-corrected chi connectivity index (χ4v) is 4.54. The Hall–Kier alpha value is -2.76. The van der Waals surface area contributed by atoms with Gasteiger partial charge in [-0.25, -0.2) is 9.97 Å². The van der Waals surface area contributed by atoms with Crippen molar-refractivity contribution in [3.05, 3.63) is 53.5 Å². The van der Waals surface area contributed by atoms with Crippen LogP contribution in [0.5, 0.6) is 0 Å². The minimum absolute atomic E-state index is 0.00192. The second kappa shape index (κ2) is 7.34. The average molecular weight is 378 g/mol. The van der Waals surface area contributed by atoms with Crippen LogP contribution in [0.1, 0.15) is 53.8 Å². The first-order valence-corrected chi connectivity index (χ1v) is 9.96. The first kappa shape index (κ1) is 18.6. The molecule has 1 saturated carbocycles. The molecule has 1 aliphatic carbocycles. The molecule has 2 amide bonds. The molecular weight excluding hydrogens is 352 g/mol. The molecule has 3 heterocycles. The van der Waals surface area contributed by atoms with Gasteiger partial charge in [0.2, 0.25) is 5.91 Å². The number of carbonyl (C=O) groups excluding carboxylic acids is 2.